The summed E-state index contributed by atoms with van der Waals surface area (Å²) in [5.74, 6) is 0.170. The Kier molecular flexibility index (Phi) is 3.64. The molecule has 1 fully saturated rings. The number of likely N-dealkylation sites (tertiary alicyclic amines) is 1. The van der Waals surface area contributed by atoms with Crippen LogP contribution in [0.3, 0.4) is 0 Å². The topological polar surface area (TPSA) is 56.3 Å². The molecule has 1 aromatic heterocycles. The van der Waals surface area contributed by atoms with Crippen molar-refractivity contribution in [1.29, 1.82) is 0 Å². The molecule has 0 bridgehead atoms. The lowest BCUT2D eigenvalue weighted by Crippen LogP contribution is -2.39. The highest BCUT2D eigenvalue weighted by Crippen LogP contribution is 2.14. The molecule has 1 aliphatic heterocycles. The number of aliphatic hydroxyl groups is 1. The minimum absolute atomic E-state index is 0.170. The lowest BCUT2D eigenvalue weighted by atomic mass is 10.1. The van der Waals surface area contributed by atoms with E-state index >= 15 is 0 Å². The number of H-pyrrole nitrogens is 1. The fraction of sp³-hybridized carbons (Fsp3) is 0.615. The fourth-order valence-electron chi connectivity index (χ4n) is 2.38. The summed E-state index contributed by atoms with van der Waals surface area (Å²) in [5, 5.41) is 9.41. The molecular formula is C13H20N2O2. The Morgan fingerprint density at radius 3 is 2.65 bits per heavy atom. The minimum Gasteiger partial charge on any atom is -0.393 e. The van der Waals surface area contributed by atoms with Gasteiger partial charge in [0.05, 0.1) is 12.6 Å². The summed E-state index contributed by atoms with van der Waals surface area (Å²) in [6.07, 6.45) is 1.37. The summed E-state index contributed by atoms with van der Waals surface area (Å²) in [7, 11) is 0. The maximum Gasteiger partial charge on any atom is 0.178 e. The van der Waals surface area contributed by atoms with Gasteiger partial charge in [0.25, 0.3) is 0 Å². The quantitative estimate of drug-likeness (QED) is 0.777. The molecule has 0 aromatic carbocycles. The first-order chi connectivity index (χ1) is 8.06. The van der Waals surface area contributed by atoms with Crippen molar-refractivity contribution in [2.45, 2.75) is 32.8 Å². The number of carbonyl (C=O) groups excluding carboxylic acids is 1. The van der Waals surface area contributed by atoms with Gasteiger partial charge in [-0.1, -0.05) is 0 Å². The van der Waals surface area contributed by atoms with Crippen LogP contribution < -0.4 is 0 Å². The lowest BCUT2D eigenvalue weighted by molar-refractivity contribution is 0.0711. The van der Waals surface area contributed by atoms with Gasteiger partial charge in [-0.05, 0) is 32.8 Å². The smallest absolute Gasteiger partial charge is 0.178 e. The van der Waals surface area contributed by atoms with Gasteiger partial charge < -0.3 is 10.1 Å². The Labute approximate surface area is 102 Å². The second-order valence-corrected chi connectivity index (χ2v) is 4.92. The van der Waals surface area contributed by atoms with E-state index in [4.69, 9.17) is 0 Å². The first-order valence-electron chi connectivity index (χ1n) is 6.16. The Morgan fingerprint density at radius 1 is 1.47 bits per heavy atom. The zero-order chi connectivity index (χ0) is 12.4. The molecule has 0 spiro atoms. The SMILES string of the molecule is Cc1cc(C(=O)CN2CCC(O)CC2)c(C)[nH]1. The lowest BCUT2D eigenvalue weighted by Gasteiger charge is -2.28. The zero-order valence-electron chi connectivity index (χ0n) is 10.5. The van der Waals surface area contributed by atoms with Crippen molar-refractivity contribution >= 4 is 5.78 Å². The van der Waals surface area contributed by atoms with E-state index < -0.39 is 0 Å². The molecule has 94 valence electrons. The monoisotopic (exact) mass is 236 g/mol. The summed E-state index contributed by atoms with van der Waals surface area (Å²) in [4.78, 5) is 17.4. The molecule has 0 aliphatic carbocycles. The van der Waals surface area contributed by atoms with Gasteiger partial charge in [0, 0.05) is 30.0 Å². The second-order valence-electron chi connectivity index (χ2n) is 4.92. The van der Waals surface area contributed by atoms with Crippen LogP contribution in [0.25, 0.3) is 0 Å². The van der Waals surface area contributed by atoms with Crippen LogP contribution in [0.5, 0.6) is 0 Å². The molecule has 2 heterocycles. The number of aromatic amines is 1. The van der Waals surface area contributed by atoms with E-state index in [1.165, 1.54) is 0 Å². The zero-order valence-corrected chi connectivity index (χ0v) is 10.5. The van der Waals surface area contributed by atoms with Gasteiger partial charge in [0.15, 0.2) is 5.78 Å². The summed E-state index contributed by atoms with van der Waals surface area (Å²) < 4.78 is 0. The van der Waals surface area contributed by atoms with Gasteiger partial charge in [-0.3, -0.25) is 9.69 Å². The highest BCUT2D eigenvalue weighted by Gasteiger charge is 2.20. The number of piperidine rings is 1. The third kappa shape index (κ3) is 2.96. The van der Waals surface area contributed by atoms with Gasteiger partial charge in [-0.25, -0.2) is 0 Å². The molecule has 1 saturated heterocycles. The number of Topliss-reactive ketones (excluding diaryl/α,β-unsaturated/α-hetero) is 1. The largest absolute Gasteiger partial charge is 0.393 e. The molecule has 1 aliphatic rings. The molecule has 0 radical (unpaired) electrons. The van der Waals surface area contributed by atoms with Crippen LogP contribution in [0.4, 0.5) is 0 Å². The van der Waals surface area contributed by atoms with E-state index in [2.05, 4.69) is 9.88 Å². The maximum absolute atomic E-state index is 12.1. The van der Waals surface area contributed by atoms with Crippen LogP contribution >= 0.6 is 0 Å². The number of aryl methyl sites for hydroxylation is 2. The molecule has 4 nitrogen and oxygen atoms in total. The van der Waals surface area contributed by atoms with Crippen molar-refractivity contribution < 1.29 is 9.90 Å². The first kappa shape index (κ1) is 12.3. The summed E-state index contributed by atoms with van der Waals surface area (Å²) in [6.45, 7) is 5.98. The van der Waals surface area contributed by atoms with Gasteiger partial charge in [0.2, 0.25) is 0 Å². The van der Waals surface area contributed by atoms with Crippen molar-refractivity contribution in [3.63, 3.8) is 0 Å². The molecule has 2 N–H and O–H groups in total. The predicted octanol–water partition coefficient (Wildman–Crippen LogP) is 1.27. The van der Waals surface area contributed by atoms with Gasteiger partial charge in [-0.2, -0.15) is 0 Å². The van der Waals surface area contributed by atoms with Crippen LogP contribution in [-0.2, 0) is 0 Å². The van der Waals surface area contributed by atoms with Crippen LogP contribution in [0.2, 0.25) is 0 Å². The highest BCUT2D eigenvalue weighted by molar-refractivity contribution is 5.98. The standard InChI is InChI=1S/C13H20N2O2/c1-9-7-12(10(2)14-9)13(17)8-15-5-3-11(16)4-6-15/h7,11,14,16H,3-6,8H2,1-2H3. The number of hydrogen-bond acceptors (Lipinski definition) is 3. The van der Waals surface area contributed by atoms with Gasteiger partial charge >= 0.3 is 0 Å². The highest BCUT2D eigenvalue weighted by atomic mass is 16.3. The van der Waals surface area contributed by atoms with Crippen molar-refractivity contribution in [2.24, 2.45) is 0 Å². The van der Waals surface area contributed by atoms with E-state index in [0.29, 0.717) is 6.54 Å². The average molecular weight is 236 g/mol. The molecule has 4 heteroatoms. The number of rotatable bonds is 3. The molecule has 1 aromatic rings. The molecule has 2 rings (SSSR count). The van der Waals surface area contributed by atoms with E-state index in [0.717, 1.165) is 42.9 Å². The van der Waals surface area contributed by atoms with Crippen molar-refractivity contribution in [3.8, 4) is 0 Å². The Morgan fingerprint density at radius 2 is 2.12 bits per heavy atom. The number of aromatic nitrogens is 1. The summed E-state index contributed by atoms with van der Waals surface area (Å²) in [6, 6.07) is 1.91. The molecule has 0 unspecified atom stereocenters. The van der Waals surface area contributed by atoms with Crippen molar-refractivity contribution in [2.75, 3.05) is 19.6 Å². The van der Waals surface area contributed by atoms with Crippen LogP contribution in [0.1, 0.15) is 34.6 Å². The maximum atomic E-state index is 12.1. The number of hydrogen-bond donors (Lipinski definition) is 2. The number of nitrogens with zero attached hydrogens (tertiary/aromatic N) is 1. The van der Waals surface area contributed by atoms with Crippen LogP contribution in [0.15, 0.2) is 6.07 Å². The van der Waals surface area contributed by atoms with E-state index in [1.54, 1.807) is 0 Å². The Bertz CT molecular complexity index is 404. The Hall–Kier alpha value is -1.13. The van der Waals surface area contributed by atoms with Crippen LogP contribution in [0, 0.1) is 13.8 Å². The summed E-state index contributed by atoms with van der Waals surface area (Å²) >= 11 is 0. The van der Waals surface area contributed by atoms with Gasteiger partial charge in [-0.15, -0.1) is 0 Å². The number of aliphatic hydroxyl groups excluding tert-OH is 1. The predicted molar refractivity (Wildman–Crippen MR) is 66.3 cm³/mol. The third-order valence-electron chi connectivity index (χ3n) is 3.37. The van der Waals surface area contributed by atoms with Crippen molar-refractivity contribution in [1.82, 2.24) is 9.88 Å². The van der Waals surface area contributed by atoms with E-state index in [9.17, 15) is 9.90 Å². The number of ketones is 1. The normalized spacial score (nSPS) is 18.5. The molecule has 0 amide bonds. The number of nitrogens with one attached hydrogen (secondary N) is 1. The number of carbonyl (C=O) groups is 1. The van der Waals surface area contributed by atoms with Crippen LogP contribution in [-0.4, -0.2) is 46.5 Å². The second kappa shape index (κ2) is 5.02. The minimum atomic E-state index is -0.183. The molecule has 0 saturated carbocycles. The molecule has 0 atom stereocenters. The molecule has 17 heavy (non-hydrogen) atoms. The van der Waals surface area contributed by atoms with Gasteiger partial charge in [0.1, 0.15) is 0 Å². The Balaban J connectivity index is 1.95. The first-order valence-corrected chi connectivity index (χ1v) is 6.16. The van der Waals surface area contributed by atoms with Crippen molar-refractivity contribution in [3.05, 3.63) is 23.0 Å². The van der Waals surface area contributed by atoms with E-state index in [-0.39, 0.29) is 11.9 Å². The molecular weight excluding hydrogens is 216 g/mol. The third-order valence-corrected chi connectivity index (χ3v) is 3.37. The van der Waals surface area contributed by atoms with E-state index in [1.807, 2.05) is 19.9 Å². The average Bonchev–Trinajstić information content (AvgIpc) is 2.61. The summed E-state index contributed by atoms with van der Waals surface area (Å²) in [5.41, 5.74) is 2.78. The fourth-order valence-corrected chi connectivity index (χ4v) is 2.38.